The molecule has 3 aliphatic heterocycles. The van der Waals surface area contributed by atoms with E-state index in [0.29, 0.717) is 29.6 Å². The summed E-state index contributed by atoms with van der Waals surface area (Å²) >= 11 is 0. The van der Waals surface area contributed by atoms with Crippen molar-refractivity contribution in [3.05, 3.63) is 66.2 Å². The first-order chi connectivity index (χ1) is 19.4. The lowest BCUT2D eigenvalue weighted by atomic mass is 9.90. The summed E-state index contributed by atoms with van der Waals surface area (Å²) in [5.41, 5.74) is 7.39. The predicted molar refractivity (Wildman–Crippen MR) is 160 cm³/mol. The van der Waals surface area contributed by atoms with Crippen LogP contribution in [0.25, 0.3) is 0 Å². The molecule has 5 rings (SSSR count). The van der Waals surface area contributed by atoms with Gasteiger partial charge >= 0.3 is 0 Å². The van der Waals surface area contributed by atoms with Crippen LogP contribution in [-0.2, 0) is 4.79 Å². The van der Waals surface area contributed by atoms with Crippen LogP contribution in [-0.4, -0.2) is 93.1 Å². The summed E-state index contributed by atoms with van der Waals surface area (Å²) in [6.07, 6.45) is 2.87. The van der Waals surface area contributed by atoms with E-state index in [0.717, 1.165) is 43.1 Å². The third-order valence-electron chi connectivity index (χ3n) is 6.96. The highest BCUT2D eigenvalue weighted by Crippen LogP contribution is 2.27. The number of nitriles is 1. The molecular weight excluding hydrogens is 504 g/mol. The van der Waals surface area contributed by atoms with Gasteiger partial charge in [-0.05, 0) is 57.0 Å². The summed E-state index contributed by atoms with van der Waals surface area (Å²) in [7, 11) is 6.03. The number of piperazine rings is 1. The zero-order chi connectivity index (χ0) is 28.1. The Morgan fingerprint density at radius 3 is 2.70 bits per heavy atom. The Hall–Kier alpha value is -4.53. The van der Waals surface area contributed by atoms with Crippen molar-refractivity contribution in [1.82, 2.24) is 15.2 Å². The van der Waals surface area contributed by atoms with E-state index in [4.69, 9.17) is 9.98 Å². The van der Waals surface area contributed by atoms with E-state index < -0.39 is 12.1 Å². The average Bonchev–Trinajstić information content (AvgIpc) is 3.36. The van der Waals surface area contributed by atoms with Crippen molar-refractivity contribution in [1.29, 1.82) is 5.26 Å². The second kappa shape index (κ2) is 12.1. The van der Waals surface area contributed by atoms with Crippen molar-refractivity contribution in [2.75, 3.05) is 69.4 Å². The number of nitrogens with one attached hydrogen (secondary N) is 3. The van der Waals surface area contributed by atoms with Crippen molar-refractivity contribution in [3.63, 3.8) is 0 Å². The first-order valence-electron chi connectivity index (χ1n) is 13.3. The van der Waals surface area contributed by atoms with Gasteiger partial charge in [-0.25, -0.2) is 9.98 Å². The highest BCUT2D eigenvalue weighted by atomic mass is 16.1. The number of benzene rings is 2. The summed E-state index contributed by atoms with van der Waals surface area (Å²) in [6, 6.07) is 17.9. The standard InChI is InChI=1S/C29H34N10O/c1-37(2)12-6-11-25(40)31-21-8-4-7-20(17-21)27-26-24(19-30)35-36-28(26)34-29(33-27)32-22-9-5-10-23(18-22)39-15-13-38(3)14-16-39/h4-11,17-18,26,28,36H,12-16H2,1-3H3,(H,31,40)(H,32,34)/b11-6+. The van der Waals surface area contributed by atoms with Gasteiger partial charge in [-0.1, -0.05) is 24.3 Å². The van der Waals surface area contributed by atoms with E-state index in [1.54, 1.807) is 0 Å². The topological polar surface area (TPSA) is 124 Å². The number of hydrogen-bond donors (Lipinski definition) is 3. The van der Waals surface area contributed by atoms with Gasteiger partial charge < -0.3 is 25.3 Å². The number of hydrazone groups is 1. The summed E-state index contributed by atoms with van der Waals surface area (Å²) < 4.78 is 0. The molecule has 0 spiro atoms. The molecule has 11 nitrogen and oxygen atoms in total. The van der Waals surface area contributed by atoms with E-state index in [1.807, 2.05) is 61.5 Å². The Kier molecular flexibility index (Phi) is 8.19. The third-order valence-corrected chi connectivity index (χ3v) is 6.96. The Labute approximate surface area is 234 Å². The van der Waals surface area contributed by atoms with Gasteiger partial charge in [0.2, 0.25) is 11.9 Å². The molecule has 3 heterocycles. The fourth-order valence-electron chi connectivity index (χ4n) is 4.84. The van der Waals surface area contributed by atoms with Crippen LogP contribution in [0.15, 0.2) is 75.8 Å². The number of nitrogens with zero attached hydrogens (tertiary/aromatic N) is 7. The van der Waals surface area contributed by atoms with Gasteiger partial charge in [-0.3, -0.25) is 10.2 Å². The third kappa shape index (κ3) is 6.36. The highest BCUT2D eigenvalue weighted by Gasteiger charge is 2.39. The molecule has 11 heteroatoms. The lowest BCUT2D eigenvalue weighted by Gasteiger charge is -2.34. The number of amides is 1. The number of likely N-dealkylation sites (N-methyl/N-ethyl adjacent to an activating group) is 2. The fraction of sp³-hybridized carbons (Fsp3) is 0.345. The number of anilines is 3. The van der Waals surface area contributed by atoms with Gasteiger partial charge in [0.15, 0.2) is 11.9 Å². The molecule has 0 aliphatic carbocycles. The highest BCUT2D eigenvalue weighted by molar-refractivity contribution is 6.25. The first-order valence-corrected chi connectivity index (χ1v) is 13.3. The number of carbonyl (C=O) groups is 1. The summed E-state index contributed by atoms with van der Waals surface area (Å²) in [6.45, 7) is 4.68. The lowest BCUT2D eigenvalue weighted by molar-refractivity contribution is -0.111. The van der Waals surface area contributed by atoms with Crippen LogP contribution in [0.2, 0.25) is 0 Å². The molecule has 0 radical (unpaired) electrons. The van der Waals surface area contributed by atoms with Gasteiger partial charge in [0.05, 0.1) is 11.6 Å². The minimum Gasteiger partial charge on any atom is -0.369 e. The number of fused-ring (bicyclic) bond motifs is 1. The minimum absolute atomic E-state index is 0.214. The van der Waals surface area contributed by atoms with Crippen molar-refractivity contribution < 1.29 is 4.79 Å². The van der Waals surface area contributed by atoms with Crippen LogP contribution in [0.5, 0.6) is 0 Å². The first kappa shape index (κ1) is 27.1. The largest absolute Gasteiger partial charge is 0.369 e. The van der Waals surface area contributed by atoms with Crippen molar-refractivity contribution in [2.24, 2.45) is 21.0 Å². The maximum absolute atomic E-state index is 12.4. The lowest BCUT2D eigenvalue weighted by Crippen LogP contribution is -2.44. The molecular formula is C29H34N10O. The fourth-order valence-corrected chi connectivity index (χ4v) is 4.84. The zero-order valence-electron chi connectivity index (χ0n) is 23.0. The Morgan fingerprint density at radius 2 is 1.93 bits per heavy atom. The molecule has 40 heavy (non-hydrogen) atoms. The number of aliphatic imine (C=N–C) groups is 2. The number of carbonyl (C=O) groups excluding carboxylic acids is 1. The molecule has 2 unspecified atom stereocenters. The molecule has 2 atom stereocenters. The smallest absolute Gasteiger partial charge is 0.248 e. The van der Waals surface area contributed by atoms with E-state index in [-0.39, 0.29) is 5.91 Å². The second-order valence-corrected chi connectivity index (χ2v) is 10.3. The Balaban J connectivity index is 1.38. The molecule has 0 aromatic heterocycles. The molecule has 1 amide bonds. The molecule has 1 fully saturated rings. The van der Waals surface area contributed by atoms with Crippen LogP contribution in [0, 0.1) is 17.2 Å². The van der Waals surface area contributed by atoms with Crippen molar-refractivity contribution in [3.8, 4) is 6.07 Å². The van der Waals surface area contributed by atoms with Crippen LogP contribution in [0.1, 0.15) is 5.56 Å². The Bertz CT molecular complexity index is 1410. The maximum atomic E-state index is 12.4. The molecule has 1 saturated heterocycles. The summed E-state index contributed by atoms with van der Waals surface area (Å²) in [5.74, 6) is -0.221. The van der Waals surface area contributed by atoms with Gasteiger partial charge in [-0.15, -0.1) is 0 Å². The molecule has 206 valence electrons. The quantitative estimate of drug-likeness (QED) is 0.462. The summed E-state index contributed by atoms with van der Waals surface area (Å²) in [5, 5.41) is 20.2. The minimum atomic E-state index is -0.460. The van der Waals surface area contributed by atoms with Crippen LogP contribution >= 0.6 is 0 Å². The van der Waals surface area contributed by atoms with E-state index in [2.05, 4.69) is 56.2 Å². The number of guanidine groups is 1. The maximum Gasteiger partial charge on any atom is 0.248 e. The second-order valence-electron chi connectivity index (χ2n) is 10.3. The molecule has 0 bridgehead atoms. The number of hydrogen-bond acceptors (Lipinski definition) is 10. The monoisotopic (exact) mass is 538 g/mol. The van der Waals surface area contributed by atoms with Crippen LogP contribution in [0.3, 0.4) is 0 Å². The van der Waals surface area contributed by atoms with E-state index in [1.165, 1.54) is 6.08 Å². The van der Waals surface area contributed by atoms with Crippen molar-refractivity contribution in [2.45, 2.75) is 6.17 Å². The number of rotatable bonds is 7. The Morgan fingerprint density at radius 1 is 1.15 bits per heavy atom. The normalized spacial score (nSPS) is 20.8. The van der Waals surface area contributed by atoms with Crippen molar-refractivity contribution >= 4 is 40.4 Å². The van der Waals surface area contributed by atoms with Gasteiger partial charge in [-0.2, -0.15) is 10.4 Å². The zero-order valence-corrected chi connectivity index (χ0v) is 23.0. The summed E-state index contributed by atoms with van der Waals surface area (Å²) in [4.78, 5) is 28.7. The molecule has 3 N–H and O–H groups in total. The average molecular weight is 539 g/mol. The predicted octanol–water partition coefficient (Wildman–Crippen LogP) is 2.19. The molecule has 0 saturated carbocycles. The van der Waals surface area contributed by atoms with Gasteiger partial charge in [0.25, 0.3) is 0 Å². The molecule has 2 aromatic rings. The SMILES string of the molecule is CN(C)C/C=C/C(=O)Nc1cccc(C2=NC(Nc3cccc(N4CCN(C)CC4)c3)=NC3NN=C(C#N)C23)c1. The van der Waals surface area contributed by atoms with Crippen LogP contribution < -0.4 is 21.0 Å². The molecule has 2 aromatic carbocycles. The van der Waals surface area contributed by atoms with Gasteiger partial charge in [0.1, 0.15) is 6.07 Å². The van der Waals surface area contributed by atoms with Gasteiger partial charge in [0, 0.05) is 55.9 Å². The molecule has 3 aliphatic rings. The van der Waals surface area contributed by atoms with Crippen LogP contribution in [0.4, 0.5) is 17.1 Å². The van der Waals surface area contributed by atoms with E-state index in [9.17, 15) is 10.1 Å². The van der Waals surface area contributed by atoms with E-state index >= 15 is 0 Å².